The minimum Gasteiger partial charge on any atom is -0.486 e. The Labute approximate surface area is 105 Å². The fraction of sp³-hybridized carbons (Fsp3) is 0.417. The Kier molecular flexibility index (Phi) is 4.09. The highest BCUT2D eigenvalue weighted by Crippen LogP contribution is 2.33. The van der Waals surface area contributed by atoms with Gasteiger partial charge in [0.2, 0.25) is 5.91 Å². The summed E-state index contributed by atoms with van der Waals surface area (Å²) in [7, 11) is 0. The largest absolute Gasteiger partial charge is 0.486 e. The Morgan fingerprint density at radius 1 is 1.35 bits per heavy atom. The van der Waals surface area contributed by atoms with Crippen molar-refractivity contribution in [1.29, 1.82) is 0 Å². The summed E-state index contributed by atoms with van der Waals surface area (Å²) in [5.41, 5.74) is 1.04. The zero-order chi connectivity index (χ0) is 12.1. The lowest BCUT2D eigenvalue weighted by molar-refractivity contribution is -0.118. The van der Waals surface area contributed by atoms with Crippen LogP contribution in [0.2, 0.25) is 0 Å². The molecule has 1 amide bonds. The van der Waals surface area contributed by atoms with Crippen molar-refractivity contribution in [2.75, 3.05) is 25.6 Å². The molecule has 0 radical (unpaired) electrons. The van der Waals surface area contributed by atoms with Crippen molar-refractivity contribution in [3.8, 4) is 11.5 Å². The molecule has 0 aliphatic carbocycles. The van der Waals surface area contributed by atoms with E-state index in [4.69, 9.17) is 21.1 Å². The summed E-state index contributed by atoms with van der Waals surface area (Å²) in [6, 6.07) is 5.78. The van der Waals surface area contributed by atoms with E-state index in [9.17, 15) is 4.79 Å². The van der Waals surface area contributed by atoms with Gasteiger partial charge < -0.3 is 14.8 Å². The highest BCUT2D eigenvalue weighted by Gasteiger charge is 2.15. The van der Waals surface area contributed by atoms with Crippen LogP contribution in [0.3, 0.4) is 0 Å². The van der Waals surface area contributed by atoms with Crippen LogP contribution >= 0.6 is 11.6 Å². The van der Waals surface area contributed by atoms with E-state index in [1.165, 1.54) is 0 Å². The molecule has 1 aromatic rings. The molecule has 0 saturated heterocycles. The number of ether oxygens (including phenoxy) is 2. The van der Waals surface area contributed by atoms with Gasteiger partial charge in [-0.15, -0.1) is 11.6 Å². The first-order valence-corrected chi connectivity index (χ1v) is 6.05. The molecular weight excluding hydrogens is 242 g/mol. The second-order valence-corrected chi connectivity index (χ2v) is 3.94. The molecule has 5 heteroatoms. The number of rotatable bonds is 4. The third-order valence-corrected chi connectivity index (χ3v) is 2.73. The van der Waals surface area contributed by atoms with E-state index < -0.39 is 0 Å². The van der Waals surface area contributed by atoms with Crippen molar-refractivity contribution in [3.05, 3.63) is 23.8 Å². The van der Waals surface area contributed by atoms with Gasteiger partial charge in [0, 0.05) is 6.54 Å². The lowest BCUT2D eigenvalue weighted by Gasteiger charge is -2.20. The van der Waals surface area contributed by atoms with Crippen LogP contribution in [-0.4, -0.2) is 31.5 Å². The molecule has 0 saturated carbocycles. The number of nitrogens with one attached hydrogen (secondary N) is 1. The maximum Gasteiger partial charge on any atom is 0.234 e. The fourth-order valence-electron chi connectivity index (χ4n) is 1.71. The summed E-state index contributed by atoms with van der Waals surface area (Å²) in [6.07, 6.45) is 0.704. The Bertz CT molecular complexity index is 409. The first-order valence-electron chi connectivity index (χ1n) is 5.51. The van der Waals surface area contributed by atoms with E-state index in [1.807, 2.05) is 18.2 Å². The molecule has 92 valence electrons. The second kappa shape index (κ2) is 5.77. The van der Waals surface area contributed by atoms with Gasteiger partial charge in [-0.1, -0.05) is 12.1 Å². The number of amides is 1. The van der Waals surface area contributed by atoms with Crippen LogP contribution in [0, 0.1) is 0 Å². The van der Waals surface area contributed by atoms with Gasteiger partial charge in [-0.2, -0.15) is 0 Å². The number of fused-ring (bicyclic) bond motifs is 1. The minimum absolute atomic E-state index is 0.00743. The van der Waals surface area contributed by atoms with Gasteiger partial charge in [0.25, 0.3) is 0 Å². The first kappa shape index (κ1) is 12.0. The number of hydrogen-bond acceptors (Lipinski definition) is 3. The summed E-state index contributed by atoms with van der Waals surface area (Å²) >= 11 is 5.39. The van der Waals surface area contributed by atoms with Crippen LogP contribution in [0.1, 0.15) is 5.56 Å². The average Bonchev–Trinajstić information content (AvgIpc) is 2.39. The lowest BCUT2D eigenvalue weighted by Crippen LogP contribution is -2.27. The number of halogens is 1. The Morgan fingerprint density at radius 2 is 2.18 bits per heavy atom. The molecule has 1 N–H and O–H groups in total. The fourth-order valence-corrected chi connectivity index (χ4v) is 1.81. The standard InChI is InChI=1S/C12H14ClNO3/c13-8-11(15)14-5-4-9-2-1-3-10-12(9)17-7-6-16-10/h1-3H,4-8H2,(H,14,15). The molecule has 1 aromatic carbocycles. The summed E-state index contributed by atoms with van der Waals surface area (Å²) in [5.74, 6) is 1.40. The zero-order valence-electron chi connectivity index (χ0n) is 9.37. The predicted octanol–water partition coefficient (Wildman–Crippen LogP) is 1.36. The normalized spacial score (nSPS) is 13.2. The molecule has 0 aromatic heterocycles. The topological polar surface area (TPSA) is 47.6 Å². The highest BCUT2D eigenvalue weighted by molar-refractivity contribution is 6.27. The van der Waals surface area contributed by atoms with Gasteiger partial charge >= 0.3 is 0 Å². The summed E-state index contributed by atoms with van der Waals surface area (Å²) in [5, 5.41) is 2.72. The third-order valence-electron chi connectivity index (χ3n) is 2.49. The minimum atomic E-state index is -0.159. The van der Waals surface area contributed by atoms with Gasteiger partial charge in [0.05, 0.1) is 0 Å². The summed E-state index contributed by atoms with van der Waals surface area (Å²) < 4.78 is 11.1. The molecule has 0 bridgehead atoms. The van der Waals surface area contributed by atoms with Crippen molar-refractivity contribution >= 4 is 17.5 Å². The van der Waals surface area contributed by atoms with Gasteiger partial charge in [0.15, 0.2) is 11.5 Å². The number of benzene rings is 1. The molecular formula is C12H14ClNO3. The smallest absolute Gasteiger partial charge is 0.234 e. The van der Waals surface area contributed by atoms with E-state index in [0.717, 1.165) is 17.1 Å². The van der Waals surface area contributed by atoms with Crippen LogP contribution in [-0.2, 0) is 11.2 Å². The van der Waals surface area contributed by atoms with E-state index in [-0.39, 0.29) is 11.8 Å². The Morgan fingerprint density at radius 3 is 3.00 bits per heavy atom. The van der Waals surface area contributed by atoms with Crippen LogP contribution in [0.5, 0.6) is 11.5 Å². The molecule has 0 unspecified atom stereocenters. The molecule has 0 fully saturated rings. The van der Waals surface area contributed by atoms with Crippen molar-refractivity contribution in [2.24, 2.45) is 0 Å². The second-order valence-electron chi connectivity index (χ2n) is 3.67. The number of para-hydroxylation sites is 1. The number of hydrogen-bond donors (Lipinski definition) is 1. The number of carbonyl (C=O) groups is 1. The average molecular weight is 256 g/mol. The van der Waals surface area contributed by atoms with Gasteiger partial charge in [-0.3, -0.25) is 4.79 Å². The van der Waals surface area contributed by atoms with Crippen molar-refractivity contribution in [2.45, 2.75) is 6.42 Å². The number of carbonyl (C=O) groups excluding carboxylic acids is 1. The quantitative estimate of drug-likeness (QED) is 0.827. The molecule has 4 nitrogen and oxygen atoms in total. The molecule has 0 atom stereocenters. The first-order chi connectivity index (χ1) is 8.31. The SMILES string of the molecule is O=C(CCl)NCCc1cccc2c1OCCO2. The highest BCUT2D eigenvalue weighted by atomic mass is 35.5. The predicted molar refractivity (Wildman–Crippen MR) is 64.9 cm³/mol. The van der Waals surface area contributed by atoms with Crippen molar-refractivity contribution < 1.29 is 14.3 Å². The molecule has 1 heterocycles. The van der Waals surface area contributed by atoms with Crippen molar-refractivity contribution in [1.82, 2.24) is 5.32 Å². The van der Waals surface area contributed by atoms with Crippen LogP contribution < -0.4 is 14.8 Å². The van der Waals surface area contributed by atoms with Crippen LogP contribution in [0.25, 0.3) is 0 Å². The summed E-state index contributed by atoms with van der Waals surface area (Å²) in [4.78, 5) is 11.0. The van der Waals surface area contributed by atoms with Gasteiger partial charge in [-0.25, -0.2) is 0 Å². The Balaban J connectivity index is 1.98. The van der Waals surface area contributed by atoms with E-state index in [2.05, 4.69) is 5.32 Å². The van der Waals surface area contributed by atoms with E-state index >= 15 is 0 Å². The van der Waals surface area contributed by atoms with Crippen LogP contribution in [0.15, 0.2) is 18.2 Å². The molecule has 1 aliphatic heterocycles. The maximum absolute atomic E-state index is 11.0. The van der Waals surface area contributed by atoms with Gasteiger partial charge in [0.1, 0.15) is 19.1 Å². The molecule has 0 spiro atoms. The summed E-state index contributed by atoms with van der Waals surface area (Å²) in [6.45, 7) is 1.70. The maximum atomic E-state index is 11.0. The third kappa shape index (κ3) is 3.03. The van der Waals surface area contributed by atoms with Gasteiger partial charge in [-0.05, 0) is 18.1 Å². The van der Waals surface area contributed by atoms with Crippen LogP contribution in [0.4, 0.5) is 0 Å². The molecule has 2 rings (SSSR count). The number of alkyl halides is 1. The van der Waals surface area contributed by atoms with E-state index in [1.54, 1.807) is 0 Å². The lowest BCUT2D eigenvalue weighted by atomic mass is 10.1. The van der Waals surface area contributed by atoms with E-state index in [0.29, 0.717) is 26.2 Å². The Hall–Kier alpha value is -1.42. The molecule has 1 aliphatic rings. The molecule has 17 heavy (non-hydrogen) atoms. The monoisotopic (exact) mass is 255 g/mol. The van der Waals surface area contributed by atoms with Crippen molar-refractivity contribution in [3.63, 3.8) is 0 Å². The zero-order valence-corrected chi connectivity index (χ0v) is 10.1.